The number of halogens is 3. The van der Waals surface area contributed by atoms with Crippen LogP contribution in [0.15, 0.2) is 0 Å². The molecule has 0 heterocycles. The van der Waals surface area contributed by atoms with Crippen molar-refractivity contribution in [3.8, 4) is 0 Å². The van der Waals surface area contributed by atoms with E-state index in [0.29, 0.717) is 6.42 Å². The predicted molar refractivity (Wildman–Crippen MR) is 50.4 cm³/mol. The van der Waals surface area contributed by atoms with E-state index in [1.165, 1.54) is 0 Å². The molecule has 0 fully saturated rings. The summed E-state index contributed by atoms with van der Waals surface area (Å²) in [4.78, 5) is 0. The van der Waals surface area contributed by atoms with E-state index < -0.39 is 18.7 Å². The van der Waals surface area contributed by atoms with Gasteiger partial charge in [-0.25, -0.2) is 0 Å². The zero-order valence-electron chi connectivity index (χ0n) is 8.76. The number of rotatable bonds is 7. The highest BCUT2D eigenvalue weighted by atomic mass is 19.4. The fraction of sp³-hybridized carbons (Fsp3) is 1.00. The van der Waals surface area contributed by atoms with Gasteiger partial charge in [0.25, 0.3) is 0 Å². The first-order valence-corrected chi connectivity index (χ1v) is 4.95. The van der Waals surface area contributed by atoms with Gasteiger partial charge in [-0.1, -0.05) is 6.92 Å². The van der Waals surface area contributed by atoms with Gasteiger partial charge in [-0.15, -0.1) is 0 Å². The highest BCUT2D eigenvalue weighted by molar-refractivity contribution is 4.70. The summed E-state index contributed by atoms with van der Waals surface area (Å²) in [5.74, 6) is 0. The number of hydrogen-bond donors (Lipinski definition) is 2. The second-order valence-corrected chi connectivity index (χ2v) is 3.38. The molecule has 0 saturated carbocycles. The Bertz CT molecular complexity index is 164. The van der Waals surface area contributed by atoms with Crippen molar-refractivity contribution < 1.29 is 23.0 Å². The SMILES string of the molecule is CCC(N)C(CO)OCCCC(F)(F)F. The first-order valence-electron chi connectivity index (χ1n) is 4.95. The van der Waals surface area contributed by atoms with Crippen LogP contribution >= 0.6 is 0 Å². The third-order valence-electron chi connectivity index (χ3n) is 2.07. The molecule has 2 atom stereocenters. The van der Waals surface area contributed by atoms with Gasteiger partial charge in [-0.2, -0.15) is 13.2 Å². The van der Waals surface area contributed by atoms with Gasteiger partial charge in [-0.05, 0) is 12.8 Å². The Morgan fingerprint density at radius 1 is 1.40 bits per heavy atom. The summed E-state index contributed by atoms with van der Waals surface area (Å²) in [7, 11) is 0. The molecule has 0 rings (SSSR count). The van der Waals surface area contributed by atoms with Gasteiger partial charge in [0.1, 0.15) is 0 Å². The maximum absolute atomic E-state index is 11.8. The van der Waals surface area contributed by atoms with Crippen molar-refractivity contribution in [3.63, 3.8) is 0 Å². The van der Waals surface area contributed by atoms with Gasteiger partial charge in [0.15, 0.2) is 0 Å². The van der Waals surface area contributed by atoms with Crippen molar-refractivity contribution in [1.82, 2.24) is 0 Å². The van der Waals surface area contributed by atoms with Crippen LogP contribution in [0.4, 0.5) is 13.2 Å². The van der Waals surface area contributed by atoms with Crippen molar-refractivity contribution >= 4 is 0 Å². The number of aliphatic hydroxyl groups is 1. The van der Waals surface area contributed by atoms with Gasteiger partial charge in [-0.3, -0.25) is 0 Å². The molecule has 0 saturated heterocycles. The topological polar surface area (TPSA) is 55.5 Å². The lowest BCUT2D eigenvalue weighted by Crippen LogP contribution is -2.39. The molecule has 0 aliphatic heterocycles. The molecular formula is C9H18F3NO2. The Kier molecular flexibility index (Phi) is 6.87. The van der Waals surface area contributed by atoms with Gasteiger partial charge >= 0.3 is 6.18 Å². The van der Waals surface area contributed by atoms with E-state index in [-0.39, 0.29) is 25.7 Å². The van der Waals surface area contributed by atoms with Crippen LogP contribution in [0.1, 0.15) is 26.2 Å². The standard InChI is InChI=1S/C9H18F3NO2/c1-2-7(13)8(6-14)15-5-3-4-9(10,11)12/h7-8,14H,2-6,13H2,1H3. The maximum atomic E-state index is 11.8. The fourth-order valence-corrected chi connectivity index (χ4v) is 1.08. The molecule has 0 bridgehead atoms. The first-order chi connectivity index (χ1) is 6.90. The van der Waals surface area contributed by atoms with E-state index in [9.17, 15) is 13.2 Å². The minimum Gasteiger partial charge on any atom is -0.394 e. The molecule has 0 radical (unpaired) electrons. The van der Waals surface area contributed by atoms with Crippen molar-refractivity contribution in [2.24, 2.45) is 5.73 Å². The molecule has 0 aromatic heterocycles. The van der Waals surface area contributed by atoms with Crippen LogP contribution in [0.3, 0.4) is 0 Å². The van der Waals surface area contributed by atoms with Crippen LogP contribution in [-0.2, 0) is 4.74 Å². The molecule has 0 spiro atoms. The molecule has 0 amide bonds. The molecule has 92 valence electrons. The van der Waals surface area contributed by atoms with Gasteiger partial charge in [0.2, 0.25) is 0 Å². The second-order valence-electron chi connectivity index (χ2n) is 3.38. The van der Waals surface area contributed by atoms with Crippen molar-refractivity contribution in [2.75, 3.05) is 13.2 Å². The van der Waals surface area contributed by atoms with Gasteiger partial charge in [0, 0.05) is 19.1 Å². The van der Waals surface area contributed by atoms with E-state index in [1.807, 2.05) is 6.92 Å². The minimum absolute atomic E-state index is 0.0293. The van der Waals surface area contributed by atoms with Gasteiger partial charge in [0.05, 0.1) is 12.7 Å². The van der Waals surface area contributed by atoms with Crippen LogP contribution in [-0.4, -0.2) is 36.6 Å². The van der Waals surface area contributed by atoms with Gasteiger partial charge < -0.3 is 15.6 Å². The van der Waals surface area contributed by atoms with Crippen LogP contribution in [0.25, 0.3) is 0 Å². The molecular weight excluding hydrogens is 211 g/mol. The second kappa shape index (κ2) is 7.03. The summed E-state index contributed by atoms with van der Waals surface area (Å²) in [6.45, 7) is 1.53. The number of ether oxygens (including phenoxy) is 1. The molecule has 0 aliphatic carbocycles. The Morgan fingerprint density at radius 2 is 2.00 bits per heavy atom. The quantitative estimate of drug-likeness (QED) is 0.649. The summed E-state index contributed by atoms with van der Waals surface area (Å²) in [6.07, 6.45) is -5.07. The normalized spacial score (nSPS) is 16.4. The average Bonchev–Trinajstić information content (AvgIpc) is 2.15. The van der Waals surface area contributed by atoms with E-state index >= 15 is 0 Å². The number of hydrogen-bond acceptors (Lipinski definition) is 3. The van der Waals surface area contributed by atoms with Crippen LogP contribution in [0.2, 0.25) is 0 Å². The number of aliphatic hydroxyl groups excluding tert-OH is 1. The Labute approximate surface area is 87.4 Å². The third kappa shape index (κ3) is 7.58. The largest absolute Gasteiger partial charge is 0.394 e. The predicted octanol–water partition coefficient (Wildman–Crippen LogP) is 1.44. The first kappa shape index (κ1) is 14.7. The van der Waals surface area contributed by atoms with E-state index in [4.69, 9.17) is 15.6 Å². The van der Waals surface area contributed by atoms with E-state index in [2.05, 4.69) is 0 Å². The van der Waals surface area contributed by atoms with E-state index in [1.54, 1.807) is 0 Å². The average molecular weight is 229 g/mol. The molecule has 0 aliphatic rings. The summed E-state index contributed by atoms with van der Waals surface area (Å²) in [5, 5.41) is 8.86. The Balaban J connectivity index is 3.64. The summed E-state index contributed by atoms with van der Waals surface area (Å²) < 4.78 is 40.3. The smallest absolute Gasteiger partial charge is 0.389 e. The van der Waals surface area contributed by atoms with Crippen molar-refractivity contribution in [3.05, 3.63) is 0 Å². The Hall–Kier alpha value is -0.330. The molecule has 15 heavy (non-hydrogen) atoms. The maximum Gasteiger partial charge on any atom is 0.389 e. The minimum atomic E-state index is -4.15. The zero-order valence-corrected chi connectivity index (χ0v) is 8.76. The van der Waals surface area contributed by atoms with Crippen molar-refractivity contribution in [1.29, 1.82) is 0 Å². The summed E-state index contributed by atoms with van der Waals surface area (Å²) in [6, 6.07) is -0.333. The highest BCUT2D eigenvalue weighted by Gasteiger charge is 2.26. The highest BCUT2D eigenvalue weighted by Crippen LogP contribution is 2.21. The lowest BCUT2D eigenvalue weighted by atomic mass is 10.1. The lowest BCUT2D eigenvalue weighted by molar-refractivity contribution is -0.139. The molecule has 2 unspecified atom stereocenters. The fourth-order valence-electron chi connectivity index (χ4n) is 1.08. The number of nitrogens with two attached hydrogens (primary N) is 1. The monoisotopic (exact) mass is 229 g/mol. The molecule has 3 N–H and O–H groups in total. The van der Waals surface area contributed by atoms with Crippen LogP contribution in [0.5, 0.6) is 0 Å². The summed E-state index contributed by atoms with van der Waals surface area (Å²) >= 11 is 0. The molecule has 3 nitrogen and oxygen atoms in total. The zero-order chi connectivity index (χ0) is 11.9. The third-order valence-corrected chi connectivity index (χ3v) is 2.07. The molecule has 6 heteroatoms. The van der Waals surface area contributed by atoms with Crippen LogP contribution in [0, 0.1) is 0 Å². The lowest BCUT2D eigenvalue weighted by Gasteiger charge is -2.21. The molecule has 0 aromatic rings. The van der Waals surface area contributed by atoms with Crippen molar-refractivity contribution in [2.45, 2.75) is 44.5 Å². The molecule has 0 aromatic carbocycles. The Morgan fingerprint density at radius 3 is 2.40 bits per heavy atom. The van der Waals surface area contributed by atoms with E-state index in [0.717, 1.165) is 0 Å². The van der Waals surface area contributed by atoms with Crippen LogP contribution < -0.4 is 5.73 Å². The number of alkyl halides is 3. The summed E-state index contributed by atoms with van der Waals surface area (Å²) in [5.41, 5.74) is 5.59.